The van der Waals surface area contributed by atoms with E-state index in [2.05, 4.69) is 0 Å². The fraction of sp³-hybridized carbons (Fsp3) is 0.500. The highest BCUT2D eigenvalue weighted by Crippen LogP contribution is 2.29. The molecule has 0 bridgehead atoms. The van der Waals surface area contributed by atoms with E-state index < -0.39 is 12.0 Å². The Balaban J connectivity index is 1.64. The van der Waals surface area contributed by atoms with Crippen LogP contribution in [0.4, 0.5) is 0 Å². The minimum Gasteiger partial charge on any atom is -0.493 e. The molecule has 5 heteroatoms. The zero-order valence-corrected chi connectivity index (χ0v) is 11.8. The fourth-order valence-corrected chi connectivity index (χ4v) is 2.62. The van der Waals surface area contributed by atoms with Gasteiger partial charge >= 0.3 is 5.97 Å². The average Bonchev–Trinajstić information content (AvgIpc) is 3.18. The van der Waals surface area contributed by atoms with E-state index >= 15 is 0 Å². The molecule has 1 saturated carbocycles. The summed E-state index contributed by atoms with van der Waals surface area (Å²) in [4.78, 5) is 25.0. The molecule has 1 aliphatic heterocycles. The first-order valence-electron chi connectivity index (χ1n) is 7.42. The van der Waals surface area contributed by atoms with Crippen LogP contribution in [0.3, 0.4) is 0 Å². The molecule has 1 atom stereocenters. The molecule has 1 aromatic rings. The van der Waals surface area contributed by atoms with Gasteiger partial charge in [-0.15, -0.1) is 0 Å². The van der Waals surface area contributed by atoms with Gasteiger partial charge in [-0.05, 0) is 55.9 Å². The number of carboxylic acids is 1. The summed E-state index contributed by atoms with van der Waals surface area (Å²) < 4.78 is 5.63. The van der Waals surface area contributed by atoms with Crippen molar-refractivity contribution in [1.82, 2.24) is 4.90 Å². The minimum atomic E-state index is -0.926. The van der Waals surface area contributed by atoms with Crippen molar-refractivity contribution in [2.45, 2.75) is 31.7 Å². The first kappa shape index (κ1) is 13.9. The monoisotopic (exact) mass is 289 g/mol. The van der Waals surface area contributed by atoms with Crippen LogP contribution < -0.4 is 4.74 Å². The lowest BCUT2D eigenvalue weighted by Crippen LogP contribution is -2.40. The van der Waals surface area contributed by atoms with E-state index in [0.717, 1.165) is 18.8 Å². The van der Waals surface area contributed by atoms with Gasteiger partial charge in [-0.25, -0.2) is 4.79 Å². The highest BCUT2D eigenvalue weighted by atomic mass is 16.5. The number of carbonyl (C=O) groups excluding carboxylic acids is 1. The Bertz CT molecular complexity index is 536. The molecule has 3 rings (SSSR count). The standard InChI is InChI=1S/C16H19NO4/c18-15(17-9-1-2-14(17)16(19)20)12-5-7-13(8-6-12)21-10-11-3-4-11/h5-8,11,14H,1-4,9-10H2,(H,19,20)/t14-/m1/s1. The Hall–Kier alpha value is -2.04. The predicted octanol–water partition coefficient (Wildman–Crippen LogP) is 2.16. The third-order valence-corrected chi connectivity index (χ3v) is 4.08. The quantitative estimate of drug-likeness (QED) is 0.902. The van der Waals surface area contributed by atoms with Gasteiger partial charge in [0, 0.05) is 12.1 Å². The maximum atomic E-state index is 12.4. The number of aliphatic carboxylic acids is 1. The van der Waals surface area contributed by atoms with Gasteiger partial charge in [0.2, 0.25) is 0 Å². The lowest BCUT2D eigenvalue weighted by atomic mass is 10.1. The van der Waals surface area contributed by atoms with Crippen molar-refractivity contribution in [3.63, 3.8) is 0 Å². The van der Waals surface area contributed by atoms with E-state index in [9.17, 15) is 9.59 Å². The number of likely N-dealkylation sites (tertiary alicyclic amines) is 1. The van der Waals surface area contributed by atoms with E-state index in [1.165, 1.54) is 17.7 Å². The molecule has 2 aliphatic rings. The molecule has 21 heavy (non-hydrogen) atoms. The van der Waals surface area contributed by atoms with E-state index in [0.29, 0.717) is 24.4 Å². The van der Waals surface area contributed by atoms with Gasteiger partial charge in [0.05, 0.1) is 6.61 Å². The number of amides is 1. The molecule has 5 nitrogen and oxygen atoms in total. The lowest BCUT2D eigenvalue weighted by Gasteiger charge is -2.21. The van der Waals surface area contributed by atoms with Crippen LogP contribution in [0.15, 0.2) is 24.3 Å². The summed E-state index contributed by atoms with van der Waals surface area (Å²) in [6.07, 6.45) is 3.75. The van der Waals surface area contributed by atoms with E-state index in [-0.39, 0.29) is 5.91 Å². The van der Waals surface area contributed by atoms with Crippen LogP contribution in [0.2, 0.25) is 0 Å². The van der Waals surface area contributed by atoms with Crippen molar-refractivity contribution < 1.29 is 19.4 Å². The van der Waals surface area contributed by atoms with Crippen LogP contribution in [0.1, 0.15) is 36.0 Å². The molecule has 112 valence electrons. The molecule has 0 radical (unpaired) electrons. The third kappa shape index (κ3) is 3.17. The molecule has 0 unspecified atom stereocenters. The summed E-state index contributed by atoms with van der Waals surface area (Å²) >= 11 is 0. The third-order valence-electron chi connectivity index (χ3n) is 4.08. The Morgan fingerprint density at radius 2 is 1.90 bits per heavy atom. The van der Waals surface area contributed by atoms with Gasteiger partial charge in [0.15, 0.2) is 0 Å². The maximum Gasteiger partial charge on any atom is 0.326 e. The summed E-state index contributed by atoms with van der Waals surface area (Å²) in [5.74, 6) is 0.306. The van der Waals surface area contributed by atoms with Crippen molar-refractivity contribution in [3.8, 4) is 5.75 Å². The number of hydrogen-bond donors (Lipinski definition) is 1. The van der Waals surface area contributed by atoms with Gasteiger partial charge in [0.25, 0.3) is 5.91 Å². The Morgan fingerprint density at radius 3 is 2.52 bits per heavy atom. The number of nitrogens with zero attached hydrogens (tertiary/aromatic N) is 1. The minimum absolute atomic E-state index is 0.214. The highest BCUT2D eigenvalue weighted by molar-refractivity contribution is 5.97. The molecule has 1 aromatic carbocycles. The summed E-state index contributed by atoms with van der Waals surface area (Å²) in [5.41, 5.74) is 0.516. The van der Waals surface area contributed by atoms with Gasteiger partial charge in [0.1, 0.15) is 11.8 Å². The highest BCUT2D eigenvalue weighted by Gasteiger charge is 2.34. The molecule has 0 aromatic heterocycles. The Kier molecular flexibility index (Phi) is 3.82. The van der Waals surface area contributed by atoms with E-state index in [1.54, 1.807) is 24.3 Å². The fourth-order valence-electron chi connectivity index (χ4n) is 2.62. The molecular formula is C16H19NO4. The molecule has 0 spiro atoms. The summed E-state index contributed by atoms with van der Waals surface area (Å²) in [6.45, 7) is 1.25. The van der Waals surface area contributed by atoms with E-state index in [4.69, 9.17) is 9.84 Å². The number of ether oxygens (including phenoxy) is 1. The molecule has 2 fully saturated rings. The first-order chi connectivity index (χ1) is 10.1. The number of hydrogen-bond acceptors (Lipinski definition) is 3. The van der Waals surface area contributed by atoms with Gasteiger partial charge < -0.3 is 14.7 Å². The van der Waals surface area contributed by atoms with Crippen LogP contribution in [-0.4, -0.2) is 41.1 Å². The molecule has 1 aliphatic carbocycles. The smallest absolute Gasteiger partial charge is 0.326 e. The first-order valence-corrected chi connectivity index (χ1v) is 7.42. The number of rotatable bonds is 5. The van der Waals surface area contributed by atoms with Crippen molar-refractivity contribution in [1.29, 1.82) is 0 Å². The molecular weight excluding hydrogens is 270 g/mol. The summed E-state index contributed by atoms with van der Waals surface area (Å²) in [5, 5.41) is 9.14. The second-order valence-electron chi connectivity index (χ2n) is 5.77. The largest absolute Gasteiger partial charge is 0.493 e. The second kappa shape index (κ2) is 5.76. The zero-order valence-electron chi connectivity index (χ0n) is 11.8. The molecule has 1 amide bonds. The Labute approximate surface area is 123 Å². The van der Waals surface area contributed by atoms with Crippen molar-refractivity contribution in [2.24, 2.45) is 5.92 Å². The summed E-state index contributed by atoms with van der Waals surface area (Å²) in [7, 11) is 0. The Morgan fingerprint density at radius 1 is 1.19 bits per heavy atom. The lowest BCUT2D eigenvalue weighted by molar-refractivity contribution is -0.141. The molecule has 1 saturated heterocycles. The van der Waals surface area contributed by atoms with Crippen molar-refractivity contribution >= 4 is 11.9 Å². The number of benzene rings is 1. The number of carboxylic acid groups (broad SMARTS) is 1. The van der Waals surface area contributed by atoms with Crippen LogP contribution in [0.5, 0.6) is 5.75 Å². The van der Waals surface area contributed by atoms with Crippen molar-refractivity contribution in [3.05, 3.63) is 29.8 Å². The van der Waals surface area contributed by atoms with Crippen LogP contribution in [0, 0.1) is 5.92 Å². The van der Waals surface area contributed by atoms with Gasteiger partial charge in [-0.3, -0.25) is 4.79 Å². The molecule has 1 N–H and O–H groups in total. The van der Waals surface area contributed by atoms with Gasteiger partial charge in [-0.2, -0.15) is 0 Å². The van der Waals surface area contributed by atoms with Gasteiger partial charge in [-0.1, -0.05) is 0 Å². The average molecular weight is 289 g/mol. The molecule has 1 heterocycles. The predicted molar refractivity (Wildman–Crippen MR) is 76.4 cm³/mol. The summed E-state index contributed by atoms with van der Waals surface area (Å²) in [6, 6.07) is 6.29. The number of carbonyl (C=O) groups is 2. The van der Waals surface area contributed by atoms with Crippen molar-refractivity contribution in [2.75, 3.05) is 13.2 Å². The van der Waals surface area contributed by atoms with Crippen LogP contribution >= 0.6 is 0 Å². The SMILES string of the molecule is O=C(O)[C@H]1CCCN1C(=O)c1ccc(OCC2CC2)cc1. The second-order valence-corrected chi connectivity index (χ2v) is 5.77. The normalized spacial score (nSPS) is 21.3. The topological polar surface area (TPSA) is 66.8 Å². The zero-order chi connectivity index (χ0) is 14.8. The van der Waals surface area contributed by atoms with Crippen LogP contribution in [0.25, 0.3) is 0 Å². The van der Waals surface area contributed by atoms with E-state index in [1.807, 2.05) is 0 Å². The van der Waals surface area contributed by atoms with Crippen LogP contribution in [-0.2, 0) is 4.79 Å². The maximum absolute atomic E-state index is 12.4.